The second-order valence-electron chi connectivity index (χ2n) is 2.40. The lowest BCUT2D eigenvalue weighted by Crippen LogP contribution is -2.04. The number of rotatable bonds is 2. The third-order valence-electron chi connectivity index (χ3n) is 1.37. The van der Waals surface area contributed by atoms with Crippen molar-refractivity contribution in [2.75, 3.05) is 0 Å². The summed E-state index contributed by atoms with van der Waals surface area (Å²) in [6, 6.07) is 1.49. The normalized spacial score (nSPS) is 14.0. The molecule has 1 atom stereocenters. The summed E-state index contributed by atoms with van der Waals surface area (Å²) in [6.45, 7) is 0. The van der Waals surface area contributed by atoms with Gasteiger partial charge in [-0.05, 0) is 12.1 Å². The number of halogens is 4. The smallest absolute Gasteiger partial charge is 0.425 e. The van der Waals surface area contributed by atoms with E-state index in [4.69, 9.17) is 5.11 Å². The highest BCUT2D eigenvalue weighted by Gasteiger charge is 2.34. The summed E-state index contributed by atoms with van der Waals surface area (Å²) in [5, 5.41) is 8.20. The molecule has 0 spiro atoms. The van der Waals surface area contributed by atoms with E-state index in [2.05, 4.69) is 0 Å². The largest absolute Gasteiger partial charge is 0.479 e. The molecule has 78 valence electrons. The van der Waals surface area contributed by atoms with Crippen molar-refractivity contribution >= 4 is 17.3 Å². The molecule has 0 aromatic carbocycles. The second-order valence-corrected chi connectivity index (χ2v) is 3.52. The Bertz CT molecular complexity index is 344. The Kier molecular flexibility index (Phi) is 2.79. The number of carboxylic acids is 1. The molecule has 1 rings (SSSR count). The van der Waals surface area contributed by atoms with Gasteiger partial charge in [-0.2, -0.15) is 13.2 Å². The van der Waals surface area contributed by atoms with Crippen LogP contribution in [-0.2, 0) is 11.0 Å². The standard InChI is InChI=1S/C7H4F4O2S/c8-5(6(12)13)3-1-2-4(14-3)7(9,10)11/h1-2,5H,(H,12,13). The Hall–Kier alpha value is -1.11. The molecule has 1 heterocycles. The van der Waals surface area contributed by atoms with Crippen molar-refractivity contribution in [1.82, 2.24) is 0 Å². The third-order valence-corrected chi connectivity index (χ3v) is 2.54. The quantitative estimate of drug-likeness (QED) is 0.790. The van der Waals surface area contributed by atoms with E-state index in [1.54, 1.807) is 0 Å². The highest BCUT2D eigenvalue weighted by atomic mass is 32.1. The van der Waals surface area contributed by atoms with Crippen LogP contribution in [0.25, 0.3) is 0 Å². The molecule has 0 aliphatic carbocycles. The van der Waals surface area contributed by atoms with Gasteiger partial charge in [0.1, 0.15) is 4.88 Å². The minimum absolute atomic E-state index is 0.0954. The topological polar surface area (TPSA) is 37.3 Å². The predicted molar refractivity (Wildman–Crippen MR) is 40.8 cm³/mol. The zero-order valence-electron chi connectivity index (χ0n) is 6.51. The Morgan fingerprint density at radius 2 is 2.00 bits per heavy atom. The molecule has 0 fully saturated rings. The molecular weight excluding hydrogens is 224 g/mol. The zero-order valence-corrected chi connectivity index (χ0v) is 7.32. The first-order valence-corrected chi connectivity index (χ1v) is 4.18. The van der Waals surface area contributed by atoms with E-state index in [0.29, 0.717) is 6.07 Å². The molecule has 1 aromatic heterocycles. The monoisotopic (exact) mass is 228 g/mol. The molecular formula is C7H4F4O2S. The average Bonchev–Trinajstić information content (AvgIpc) is 2.49. The summed E-state index contributed by atoms with van der Waals surface area (Å²) in [5.41, 5.74) is 0. The number of thiophene rings is 1. The van der Waals surface area contributed by atoms with Crippen LogP contribution in [0.1, 0.15) is 15.9 Å². The van der Waals surface area contributed by atoms with E-state index >= 15 is 0 Å². The number of aliphatic carboxylic acids is 1. The third kappa shape index (κ3) is 2.22. The summed E-state index contributed by atoms with van der Waals surface area (Å²) < 4.78 is 48.7. The minimum Gasteiger partial charge on any atom is -0.479 e. The first-order chi connectivity index (χ1) is 6.32. The van der Waals surface area contributed by atoms with Crippen LogP contribution < -0.4 is 0 Å². The summed E-state index contributed by atoms with van der Waals surface area (Å²) in [5.74, 6) is -1.79. The van der Waals surface area contributed by atoms with Crippen LogP contribution in [0.4, 0.5) is 17.6 Å². The SMILES string of the molecule is O=C(O)C(F)c1ccc(C(F)(F)F)s1. The van der Waals surface area contributed by atoms with Crippen molar-refractivity contribution in [1.29, 1.82) is 0 Å². The molecule has 0 saturated heterocycles. The van der Waals surface area contributed by atoms with Gasteiger partial charge in [-0.3, -0.25) is 0 Å². The van der Waals surface area contributed by atoms with Crippen molar-refractivity contribution in [2.24, 2.45) is 0 Å². The Morgan fingerprint density at radius 1 is 1.43 bits per heavy atom. The highest BCUT2D eigenvalue weighted by molar-refractivity contribution is 7.12. The molecule has 0 aliphatic heterocycles. The molecule has 0 amide bonds. The number of hydrogen-bond acceptors (Lipinski definition) is 2. The lowest BCUT2D eigenvalue weighted by molar-refractivity contribution is -0.143. The van der Waals surface area contributed by atoms with Gasteiger partial charge in [0.25, 0.3) is 0 Å². The van der Waals surface area contributed by atoms with Gasteiger partial charge in [0.15, 0.2) is 0 Å². The van der Waals surface area contributed by atoms with Crippen molar-refractivity contribution < 1.29 is 27.5 Å². The molecule has 1 unspecified atom stereocenters. The van der Waals surface area contributed by atoms with Crippen LogP contribution >= 0.6 is 11.3 Å². The molecule has 14 heavy (non-hydrogen) atoms. The van der Waals surface area contributed by atoms with Crippen LogP contribution in [0.15, 0.2) is 12.1 Å². The maximum absolute atomic E-state index is 12.7. The zero-order chi connectivity index (χ0) is 10.9. The van der Waals surface area contributed by atoms with Crippen LogP contribution in [0.2, 0.25) is 0 Å². The van der Waals surface area contributed by atoms with Crippen LogP contribution in [-0.4, -0.2) is 11.1 Å². The van der Waals surface area contributed by atoms with E-state index in [-0.39, 0.29) is 11.3 Å². The minimum atomic E-state index is -4.55. The predicted octanol–water partition coefficient (Wildman–Crippen LogP) is 2.86. The first kappa shape index (κ1) is 11.0. The van der Waals surface area contributed by atoms with Gasteiger partial charge < -0.3 is 5.11 Å². The molecule has 7 heteroatoms. The van der Waals surface area contributed by atoms with Crippen molar-refractivity contribution in [2.45, 2.75) is 12.3 Å². The molecule has 0 bridgehead atoms. The van der Waals surface area contributed by atoms with Gasteiger partial charge in [0.2, 0.25) is 6.17 Å². The van der Waals surface area contributed by atoms with Gasteiger partial charge in [-0.25, -0.2) is 9.18 Å². The molecule has 1 N–H and O–H groups in total. The highest BCUT2D eigenvalue weighted by Crippen LogP contribution is 2.37. The summed E-state index contributed by atoms with van der Waals surface area (Å²) in [7, 11) is 0. The molecule has 1 aromatic rings. The van der Waals surface area contributed by atoms with Gasteiger partial charge in [-0.1, -0.05) is 0 Å². The fourth-order valence-corrected chi connectivity index (χ4v) is 1.61. The van der Waals surface area contributed by atoms with E-state index in [1.165, 1.54) is 0 Å². The van der Waals surface area contributed by atoms with Gasteiger partial charge >= 0.3 is 12.1 Å². The Morgan fingerprint density at radius 3 is 2.36 bits per heavy atom. The fourth-order valence-electron chi connectivity index (χ4n) is 0.763. The lowest BCUT2D eigenvalue weighted by Gasteiger charge is -2.01. The molecule has 2 nitrogen and oxygen atoms in total. The molecule has 0 aliphatic rings. The van der Waals surface area contributed by atoms with Crippen LogP contribution in [0.5, 0.6) is 0 Å². The van der Waals surface area contributed by atoms with Crippen molar-refractivity contribution in [3.8, 4) is 0 Å². The molecule has 0 saturated carbocycles. The number of hydrogen-bond donors (Lipinski definition) is 1. The van der Waals surface area contributed by atoms with E-state index in [9.17, 15) is 22.4 Å². The van der Waals surface area contributed by atoms with Crippen molar-refractivity contribution in [3.63, 3.8) is 0 Å². The number of carboxylic acid groups (broad SMARTS) is 1. The first-order valence-electron chi connectivity index (χ1n) is 3.36. The Balaban J connectivity index is 2.94. The van der Waals surface area contributed by atoms with Gasteiger partial charge in [0, 0.05) is 0 Å². The van der Waals surface area contributed by atoms with E-state index < -0.39 is 28.1 Å². The lowest BCUT2D eigenvalue weighted by atomic mass is 10.3. The second kappa shape index (κ2) is 3.56. The van der Waals surface area contributed by atoms with Crippen LogP contribution in [0, 0.1) is 0 Å². The Labute approximate surface area is 79.8 Å². The fraction of sp³-hybridized carbons (Fsp3) is 0.286. The summed E-state index contributed by atoms with van der Waals surface area (Å²) in [4.78, 5) is 8.65. The maximum Gasteiger partial charge on any atom is 0.425 e. The van der Waals surface area contributed by atoms with E-state index in [1.807, 2.05) is 0 Å². The number of alkyl halides is 4. The van der Waals surface area contributed by atoms with Crippen molar-refractivity contribution in [3.05, 3.63) is 21.9 Å². The van der Waals surface area contributed by atoms with Gasteiger partial charge in [-0.15, -0.1) is 11.3 Å². The summed E-state index contributed by atoms with van der Waals surface area (Å²) in [6.07, 6.45) is -6.95. The number of carbonyl (C=O) groups is 1. The summed E-state index contributed by atoms with van der Waals surface area (Å²) >= 11 is 0.0954. The van der Waals surface area contributed by atoms with Crippen LogP contribution in [0.3, 0.4) is 0 Å². The van der Waals surface area contributed by atoms with Gasteiger partial charge in [0.05, 0.1) is 4.88 Å². The average molecular weight is 228 g/mol. The van der Waals surface area contributed by atoms with E-state index in [0.717, 1.165) is 6.07 Å². The molecule has 0 radical (unpaired) electrons. The maximum atomic E-state index is 12.7.